The number of hydrogen-bond acceptors (Lipinski definition) is 3. The molecule has 2 rings (SSSR count). The highest BCUT2D eigenvalue weighted by Gasteiger charge is 2.48. The Morgan fingerprint density at radius 2 is 2.20 bits per heavy atom. The van der Waals surface area contributed by atoms with Crippen LogP contribution in [0.4, 0.5) is 0 Å². The summed E-state index contributed by atoms with van der Waals surface area (Å²) in [6.45, 7) is 6.93. The van der Waals surface area contributed by atoms with Crippen molar-refractivity contribution in [2.24, 2.45) is 5.73 Å². The van der Waals surface area contributed by atoms with Crippen LogP contribution in [-0.2, 0) is 4.74 Å². The van der Waals surface area contributed by atoms with Gasteiger partial charge in [-0.1, -0.05) is 13.8 Å². The maximum Gasteiger partial charge on any atom is 0.0646 e. The van der Waals surface area contributed by atoms with Gasteiger partial charge < -0.3 is 10.5 Å². The van der Waals surface area contributed by atoms with E-state index in [1.165, 1.54) is 32.2 Å². The molecule has 3 nitrogen and oxygen atoms in total. The van der Waals surface area contributed by atoms with Gasteiger partial charge in [0.15, 0.2) is 0 Å². The van der Waals surface area contributed by atoms with Gasteiger partial charge in [-0.2, -0.15) is 0 Å². The van der Waals surface area contributed by atoms with E-state index >= 15 is 0 Å². The summed E-state index contributed by atoms with van der Waals surface area (Å²) in [6.07, 6.45) is 5.17. The van der Waals surface area contributed by atoms with E-state index in [1.807, 2.05) is 13.8 Å². The van der Waals surface area contributed by atoms with Crippen LogP contribution in [0.2, 0.25) is 0 Å². The Labute approximate surface area is 95.4 Å². The van der Waals surface area contributed by atoms with Gasteiger partial charge in [-0.25, -0.2) is 0 Å². The molecule has 92 valence electrons. The molecule has 0 bridgehead atoms. The fourth-order valence-corrected chi connectivity index (χ4v) is 3.13. The number of fused-ring (bicyclic) bond motifs is 1. The summed E-state index contributed by atoms with van der Waals surface area (Å²) in [5.74, 6) is 0. The van der Waals surface area contributed by atoms with Crippen LogP contribution in [0.1, 0.15) is 41.0 Å². The summed E-state index contributed by atoms with van der Waals surface area (Å²) < 4.78 is 5.34. The molecule has 0 saturated carbocycles. The zero-order valence-corrected chi connectivity index (χ0v) is 10.5. The second-order valence-corrected chi connectivity index (χ2v) is 4.38. The van der Waals surface area contributed by atoms with Crippen molar-refractivity contribution >= 4 is 0 Å². The molecule has 0 radical (unpaired) electrons. The molecule has 2 heterocycles. The molecular formula is C12H28N2O. The van der Waals surface area contributed by atoms with Crippen molar-refractivity contribution < 1.29 is 6.16 Å². The van der Waals surface area contributed by atoms with Crippen molar-refractivity contribution in [3.8, 4) is 0 Å². The third kappa shape index (κ3) is 2.35. The van der Waals surface area contributed by atoms with Gasteiger partial charge in [0.1, 0.15) is 0 Å². The summed E-state index contributed by atoms with van der Waals surface area (Å²) in [4.78, 5) is 2.59. The van der Waals surface area contributed by atoms with Gasteiger partial charge in [0.25, 0.3) is 0 Å². The number of ether oxygens (including phenoxy) is 1. The molecule has 2 atom stereocenters. The van der Waals surface area contributed by atoms with Gasteiger partial charge in [-0.05, 0) is 32.2 Å². The summed E-state index contributed by atoms with van der Waals surface area (Å²) in [5.41, 5.74) is 6.12. The average molecular weight is 216 g/mol. The molecule has 2 fully saturated rings. The monoisotopic (exact) mass is 216 g/mol. The highest BCUT2D eigenvalue weighted by molar-refractivity contribution is 5.04. The highest BCUT2D eigenvalue weighted by Crippen LogP contribution is 2.41. The minimum absolute atomic E-state index is 0. The van der Waals surface area contributed by atoms with Gasteiger partial charge in [-0.3, -0.25) is 4.90 Å². The smallest absolute Gasteiger partial charge is 0.0646 e. The topological polar surface area (TPSA) is 38.5 Å². The molecule has 0 amide bonds. The molecule has 2 N–H and O–H groups in total. The predicted molar refractivity (Wildman–Crippen MR) is 66.1 cm³/mol. The Morgan fingerprint density at radius 3 is 2.80 bits per heavy atom. The normalized spacial score (nSPS) is 34.8. The van der Waals surface area contributed by atoms with Gasteiger partial charge in [-0.15, -0.1) is 0 Å². The molecule has 0 spiro atoms. The SMILES string of the molecule is CC.COCC12CCCN1C(CN)CC2.[HH]. The Kier molecular flexibility index (Phi) is 5.03. The average Bonchev–Trinajstić information content (AvgIpc) is 2.79. The fourth-order valence-electron chi connectivity index (χ4n) is 3.13. The lowest BCUT2D eigenvalue weighted by Crippen LogP contribution is -2.47. The van der Waals surface area contributed by atoms with E-state index in [0.29, 0.717) is 11.6 Å². The molecule has 2 aliphatic rings. The molecule has 0 aromatic heterocycles. The zero-order valence-electron chi connectivity index (χ0n) is 10.5. The first-order chi connectivity index (χ1) is 7.32. The highest BCUT2D eigenvalue weighted by atomic mass is 16.5. The third-order valence-electron chi connectivity index (χ3n) is 3.72. The van der Waals surface area contributed by atoms with E-state index in [0.717, 1.165) is 13.2 Å². The number of rotatable bonds is 3. The molecule has 0 aromatic carbocycles. The van der Waals surface area contributed by atoms with Crippen LogP contribution in [0, 0.1) is 0 Å². The molecule has 15 heavy (non-hydrogen) atoms. The van der Waals surface area contributed by atoms with Crippen LogP contribution in [0.15, 0.2) is 0 Å². The number of hydrogen-bond donors (Lipinski definition) is 1. The third-order valence-corrected chi connectivity index (χ3v) is 3.72. The van der Waals surface area contributed by atoms with Gasteiger partial charge in [0.2, 0.25) is 0 Å². The number of nitrogens with zero attached hydrogens (tertiary/aromatic N) is 1. The maximum absolute atomic E-state index is 5.76. The molecule has 0 aliphatic carbocycles. The Balaban J connectivity index is 0.000000711. The molecule has 2 unspecified atom stereocenters. The number of nitrogens with two attached hydrogens (primary N) is 1. The Hall–Kier alpha value is -0.120. The van der Waals surface area contributed by atoms with Crippen molar-refractivity contribution in [2.75, 3.05) is 26.8 Å². The van der Waals surface area contributed by atoms with E-state index in [1.54, 1.807) is 7.11 Å². The lowest BCUT2D eigenvalue weighted by atomic mass is 9.95. The van der Waals surface area contributed by atoms with Crippen molar-refractivity contribution in [1.29, 1.82) is 0 Å². The first-order valence-electron chi connectivity index (χ1n) is 6.28. The van der Waals surface area contributed by atoms with Crippen LogP contribution in [0.3, 0.4) is 0 Å². The zero-order chi connectivity index (χ0) is 11.3. The summed E-state index contributed by atoms with van der Waals surface area (Å²) in [6, 6.07) is 0.623. The molecule has 2 saturated heterocycles. The summed E-state index contributed by atoms with van der Waals surface area (Å²) in [5, 5.41) is 0. The van der Waals surface area contributed by atoms with Crippen molar-refractivity contribution in [3.05, 3.63) is 0 Å². The van der Waals surface area contributed by atoms with Crippen LogP contribution in [-0.4, -0.2) is 43.3 Å². The Morgan fingerprint density at radius 1 is 1.47 bits per heavy atom. The van der Waals surface area contributed by atoms with E-state index < -0.39 is 0 Å². The van der Waals surface area contributed by atoms with E-state index in [4.69, 9.17) is 10.5 Å². The van der Waals surface area contributed by atoms with Crippen LogP contribution in [0.25, 0.3) is 0 Å². The van der Waals surface area contributed by atoms with Crippen molar-refractivity contribution in [1.82, 2.24) is 4.90 Å². The largest absolute Gasteiger partial charge is 0.383 e. The summed E-state index contributed by atoms with van der Waals surface area (Å²) in [7, 11) is 1.81. The van der Waals surface area contributed by atoms with Gasteiger partial charge in [0.05, 0.1) is 6.61 Å². The second-order valence-electron chi connectivity index (χ2n) is 4.38. The van der Waals surface area contributed by atoms with Gasteiger partial charge in [0, 0.05) is 26.7 Å². The van der Waals surface area contributed by atoms with Crippen molar-refractivity contribution in [3.63, 3.8) is 0 Å². The molecule has 3 heteroatoms. The van der Waals surface area contributed by atoms with Crippen LogP contribution in [0.5, 0.6) is 0 Å². The number of methoxy groups -OCH3 is 1. The fraction of sp³-hybridized carbons (Fsp3) is 1.00. The quantitative estimate of drug-likeness (QED) is 0.782. The van der Waals surface area contributed by atoms with E-state index in [2.05, 4.69) is 4.90 Å². The molecular weight excluding hydrogens is 188 g/mol. The minimum atomic E-state index is 0. The van der Waals surface area contributed by atoms with Crippen LogP contribution >= 0.6 is 0 Å². The standard InChI is InChI=1S/C10H20N2O.C2H6.H2/c1-13-8-10-4-2-6-12(10)9(7-11)3-5-10;1-2;/h9H,2-8,11H2,1H3;1-2H3;1H. The van der Waals surface area contributed by atoms with Gasteiger partial charge >= 0.3 is 0 Å². The van der Waals surface area contributed by atoms with E-state index in [-0.39, 0.29) is 1.43 Å². The lowest BCUT2D eigenvalue weighted by Gasteiger charge is -2.34. The van der Waals surface area contributed by atoms with E-state index in [9.17, 15) is 0 Å². The maximum atomic E-state index is 5.76. The Bertz CT molecular complexity index is 192. The van der Waals surface area contributed by atoms with Crippen LogP contribution < -0.4 is 5.73 Å². The second kappa shape index (κ2) is 5.83. The molecule has 2 aliphatic heterocycles. The predicted octanol–water partition coefficient (Wildman–Crippen LogP) is 1.86. The summed E-state index contributed by atoms with van der Waals surface area (Å²) >= 11 is 0. The van der Waals surface area contributed by atoms with Crippen molar-refractivity contribution in [2.45, 2.75) is 51.1 Å². The first-order valence-corrected chi connectivity index (χ1v) is 6.28. The molecule has 0 aromatic rings. The lowest BCUT2D eigenvalue weighted by molar-refractivity contribution is 0.0512. The first kappa shape index (κ1) is 12.9. The minimum Gasteiger partial charge on any atom is -0.383 e.